The zero-order chi connectivity index (χ0) is 20.4. The van der Waals surface area contributed by atoms with Crippen molar-refractivity contribution in [1.29, 1.82) is 0 Å². The fourth-order valence-corrected chi connectivity index (χ4v) is 3.49. The van der Waals surface area contributed by atoms with Gasteiger partial charge in [0.2, 0.25) is 5.55 Å². The van der Waals surface area contributed by atoms with Gasteiger partial charge < -0.3 is 14.5 Å². The third-order valence-corrected chi connectivity index (χ3v) is 5.08. The number of benzene rings is 2. The van der Waals surface area contributed by atoms with Gasteiger partial charge in [0.1, 0.15) is 17.0 Å². The van der Waals surface area contributed by atoms with Crippen LogP contribution in [0, 0.1) is 12.7 Å². The van der Waals surface area contributed by atoms with E-state index in [-0.39, 0.29) is 28.9 Å². The third kappa shape index (κ3) is 4.49. The molecule has 1 saturated heterocycles. The first-order valence-corrected chi connectivity index (χ1v) is 9.81. The van der Waals surface area contributed by atoms with Crippen LogP contribution in [0.5, 0.6) is 0 Å². The first-order chi connectivity index (χ1) is 14.0. The molecule has 2 heterocycles. The van der Waals surface area contributed by atoms with Crippen molar-refractivity contribution in [2.75, 3.05) is 13.2 Å². The van der Waals surface area contributed by atoms with E-state index in [1.54, 1.807) is 37.3 Å². The van der Waals surface area contributed by atoms with Gasteiger partial charge in [-0.15, -0.1) is 0 Å². The van der Waals surface area contributed by atoms with E-state index in [0.717, 1.165) is 19.4 Å². The van der Waals surface area contributed by atoms with E-state index in [2.05, 4.69) is 10.3 Å². The maximum absolute atomic E-state index is 13.4. The maximum Gasteiger partial charge on any atom is 0.256 e. The Hall–Kier alpha value is -2.70. The second kappa shape index (κ2) is 8.35. The lowest BCUT2D eigenvalue weighted by molar-refractivity contribution is 0.0854. The average molecular weight is 415 g/mol. The predicted octanol–water partition coefficient (Wildman–Crippen LogP) is 4.67. The van der Waals surface area contributed by atoms with Crippen LogP contribution in [0.1, 0.15) is 28.8 Å². The summed E-state index contributed by atoms with van der Waals surface area (Å²) in [6.45, 7) is 2.89. The molecule has 0 unspecified atom stereocenters. The number of ether oxygens (including phenoxy) is 1. The molecule has 150 valence electrons. The van der Waals surface area contributed by atoms with E-state index in [9.17, 15) is 9.18 Å². The number of hydrogen-bond acceptors (Lipinski definition) is 4. The normalized spacial score (nSPS) is 17.1. The number of rotatable bonds is 4. The second-order valence-corrected chi connectivity index (χ2v) is 7.47. The lowest BCUT2D eigenvalue weighted by Crippen LogP contribution is -2.34. The van der Waals surface area contributed by atoms with Crippen LogP contribution in [0.2, 0.25) is 5.02 Å². The van der Waals surface area contributed by atoms with Crippen LogP contribution in [0.15, 0.2) is 51.9 Å². The minimum atomic E-state index is -0.346. The van der Waals surface area contributed by atoms with E-state index in [1.807, 2.05) is 0 Å². The Morgan fingerprint density at radius 3 is 2.90 bits per heavy atom. The Morgan fingerprint density at radius 1 is 1.28 bits per heavy atom. The van der Waals surface area contributed by atoms with Crippen molar-refractivity contribution >= 4 is 34.2 Å². The number of nitrogens with zero attached hydrogens (tertiary/aromatic N) is 1. The number of carbonyl (C=O) groups excluding carboxylic acids is 1. The Labute approximate surface area is 172 Å². The van der Waals surface area contributed by atoms with Crippen LogP contribution in [0.4, 0.5) is 10.1 Å². The van der Waals surface area contributed by atoms with Gasteiger partial charge in [-0.2, -0.15) is 0 Å². The van der Waals surface area contributed by atoms with Gasteiger partial charge in [-0.1, -0.05) is 11.6 Å². The van der Waals surface area contributed by atoms with Crippen molar-refractivity contribution in [2.45, 2.75) is 25.9 Å². The fraction of sp³-hybridized carbons (Fsp3) is 0.273. The molecule has 0 aliphatic carbocycles. The van der Waals surface area contributed by atoms with Crippen LogP contribution in [0.25, 0.3) is 11.0 Å². The van der Waals surface area contributed by atoms with Crippen molar-refractivity contribution in [2.24, 2.45) is 4.99 Å². The summed E-state index contributed by atoms with van der Waals surface area (Å²) in [5, 5.41) is 4.12. The molecule has 0 spiro atoms. The lowest BCUT2D eigenvalue weighted by Gasteiger charge is -2.11. The van der Waals surface area contributed by atoms with Gasteiger partial charge in [-0.3, -0.25) is 4.79 Å². The van der Waals surface area contributed by atoms with Gasteiger partial charge in [-0.05, 0) is 67.8 Å². The highest BCUT2D eigenvalue weighted by molar-refractivity contribution is 6.31. The molecule has 29 heavy (non-hydrogen) atoms. The van der Waals surface area contributed by atoms with E-state index in [4.69, 9.17) is 20.8 Å². The van der Waals surface area contributed by atoms with Crippen LogP contribution < -0.4 is 10.9 Å². The smallest absolute Gasteiger partial charge is 0.256 e. The summed E-state index contributed by atoms with van der Waals surface area (Å²) in [6.07, 6.45) is 1.93. The highest BCUT2D eigenvalue weighted by Crippen LogP contribution is 2.21. The molecule has 2 aromatic carbocycles. The topological polar surface area (TPSA) is 63.8 Å². The molecule has 1 fully saturated rings. The molecule has 0 saturated carbocycles. The van der Waals surface area contributed by atoms with E-state index >= 15 is 0 Å². The number of carbonyl (C=O) groups is 1. The van der Waals surface area contributed by atoms with Gasteiger partial charge in [-0.25, -0.2) is 9.38 Å². The number of fused-ring (bicyclic) bond motifs is 1. The van der Waals surface area contributed by atoms with Crippen molar-refractivity contribution in [3.63, 3.8) is 0 Å². The highest BCUT2D eigenvalue weighted by Gasteiger charge is 2.18. The Kier molecular flexibility index (Phi) is 5.65. The minimum Gasteiger partial charge on any atom is -0.438 e. The largest absolute Gasteiger partial charge is 0.438 e. The summed E-state index contributed by atoms with van der Waals surface area (Å²) >= 11 is 6.09. The van der Waals surface area contributed by atoms with Gasteiger partial charge in [0, 0.05) is 23.6 Å². The average Bonchev–Trinajstić information content (AvgIpc) is 3.21. The summed E-state index contributed by atoms with van der Waals surface area (Å²) in [4.78, 5) is 17.4. The van der Waals surface area contributed by atoms with Gasteiger partial charge in [0.05, 0.1) is 11.8 Å². The molecule has 4 rings (SSSR count). The molecule has 0 bridgehead atoms. The SMILES string of the molecule is Cc1cc(F)ccc1N=c1oc2ccc(Cl)cc2cc1C(=O)NC[C@@H]1CCCO1. The Morgan fingerprint density at radius 2 is 2.14 bits per heavy atom. The molecular weight excluding hydrogens is 395 g/mol. The van der Waals surface area contributed by atoms with Crippen LogP contribution in [-0.2, 0) is 4.74 Å². The van der Waals surface area contributed by atoms with Crippen molar-refractivity contribution in [3.8, 4) is 0 Å². The molecule has 1 amide bonds. The molecular formula is C22H20ClFN2O3. The molecule has 0 radical (unpaired) electrons. The number of amides is 1. The number of aryl methyl sites for hydroxylation is 1. The van der Waals surface area contributed by atoms with Gasteiger partial charge in [0.15, 0.2) is 0 Å². The highest BCUT2D eigenvalue weighted by atomic mass is 35.5. The molecule has 1 atom stereocenters. The second-order valence-electron chi connectivity index (χ2n) is 7.04. The van der Waals surface area contributed by atoms with Crippen LogP contribution in [0.3, 0.4) is 0 Å². The summed E-state index contributed by atoms with van der Waals surface area (Å²) in [5.41, 5.74) is 2.14. The molecule has 1 aliphatic heterocycles. The molecule has 7 heteroatoms. The summed E-state index contributed by atoms with van der Waals surface area (Å²) in [6, 6.07) is 11.1. The summed E-state index contributed by atoms with van der Waals surface area (Å²) in [7, 11) is 0. The number of halogens is 2. The molecule has 1 aromatic heterocycles. The Balaban J connectivity index is 1.78. The van der Waals surface area contributed by atoms with Gasteiger partial charge in [0.25, 0.3) is 5.91 Å². The molecule has 3 aromatic rings. The van der Waals surface area contributed by atoms with E-state index in [0.29, 0.717) is 33.8 Å². The zero-order valence-electron chi connectivity index (χ0n) is 15.9. The fourth-order valence-electron chi connectivity index (χ4n) is 3.31. The number of hydrogen-bond donors (Lipinski definition) is 1. The van der Waals surface area contributed by atoms with Crippen molar-refractivity contribution < 1.29 is 18.3 Å². The standard InChI is InChI=1S/C22H20ClFN2O3/c1-13-9-16(24)5-6-19(13)26-22-18(21(27)25-12-17-3-2-8-28-17)11-14-10-15(23)4-7-20(14)29-22/h4-7,9-11,17H,2-3,8,12H2,1H3,(H,25,27)/t17-/m0/s1. The first-order valence-electron chi connectivity index (χ1n) is 9.44. The van der Waals surface area contributed by atoms with Crippen LogP contribution in [-0.4, -0.2) is 25.2 Å². The quantitative estimate of drug-likeness (QED) is 0.674. The lowest BCUT2D eigenvalue weighted by atomic mass is 10.1. The van der Waals surface area contributed by atoms with Crippen molar-refractivity contribution in [1.82, 2.24) is 5.32 Å². The first kappa shape index (κ1) is 19.6. The molecule has 1 N–H and O–H groups in total. The monoisotopic (exact) mass is 414 g/mol. The van der Waals surface area contributed by atoms with Crippen molar-refractivity contribution in [3.05, 3.63) is 70.0 Å². The minimum absolute atomic E-state index is 0.0190. The van der Waals surface area contributed by atoms with Crippen LogP contribution >= 0.6 is 11.6 Å². The predicted molar refractivity (Wildman–Crippen MR) is 109 cm³/mol. The number of nitrogens with one attached hydrogen (secondary N) is 1. The van der Waals surface area contributed by atoms with E-state index < -0.39 is 0 Å². The maximum atomic E-state index is 13.4. The third-order valence-electron chi connectivity index (χ3n) is 4.85. The van der Waals surface area contributed by atoms with Gasteiger partial charge >= 0.3 is 0 Å². The summed E-state index contributed by atoms with van der Waals surface area (Å²) < 4.78 is 24.9. The molecule has 1 aliphatic rings. The summed E-state index contributed by atoms with van der Waals surface area (Å²) in [5.74, 6) is -0.661. The Bertz CT molecular complexity index is 1140. The van der Waals surface area contributed by atoms with E-state index in [1.165, 1.54) is 12.1 Å². The zero-order valence-corrected chi connectivity index (χ0v) is 16.6. The molecule has 5 nitrogen and oxygen atoms in total.